The maximum atomic E-state index is 11.8. The van der Waals surface area contributed by atoms with Crippen molar-refractivity contribution in [2.24, 2.45) is 0 Å². The van der Waals surface area contributed by atoms with Crippen LogP contribution >= 0.6 is 0 Å². The van der Waals surface area contributed by atoms with Crippen LogP contribution in [0.2, 0.25) is 0 Å². The molecule has 0 aliphatic heterocycles. The fourth-order valence-corrected chi connectivity index (χ4v) is 1.43. The number of rotatable bonds is 5. The van der Waals surface area contributed by atoms with E-state index in [2.05, 4.69) is 5.32 Å². The van der Waals surface area contributed by atoms with Crippen LogP contribution in [0.25, 0.3) is 0 Å². The number of benzene rings is 1. The lowest BCUT2D eigenvalue weighted by Crippen LogP contribution is -2.23. The summed E-state index contributed by atoms with van der Waals surface area (Å²) in [6, 6.07) is 6.83. The van der Waals surface area contributed by atoms with Crippen LogP contribution in [0, 0.1) is 0 Å². The lowest BCUT2D eigenvalue weighted by molar-refractivity contribution is -0.121. The van der Waals surface area contributed by atoms with Crippen molar-refractivity contribution in [3.05, 3.63) is 29.8 Å². The number of anilines is 1. The molecule has 5 heteroatoms. The van der Waals surface area contributed by atoms with Crippen LogP contribution in [0.15, 0.2) is 24.3 Å². The molecule has 0 heterocycles. The normalized spacial score (nSPS) is 10.4. The summed E-state index contributed by atoms with van der Waals surface area (Å²) < 4.78 is 5.20. The van der Waals surface area contributed by atoms with Gasteiger partial charge in [0.1, 0.15) is 6.61 Å². The van der Waals surface area contributed by atoms with Gasteiger partial charge in [-0.05, 0) is 32.0 Å². The summed E-state index contributed by atoms with van der Waals surface area (Å²) in [5.74, 6) is -0.335. The average molecular weight is 264 g/mol. The molecule has 0 unspecified atom stereocenters. The smallest absolute Gasteiger partial charge is 0.253 e. The Morgan fingerprint density at radius 3 is 2.58 bits per heavy atom. The van der Waals surface area contributed by atoms with Crippen LogP contribution in [-0.2, 0) is 9.53 Å². The third-order valence-electron chi connectivity index (χ3n) is 2.35. The molecule has 0 saturated heterocycles. The third-order valence-corrected chi connectivity index (χ3v) is 2.35. The zero-order valence-electron chi connectivity index (χ0n) is 11.8. The molecule has 0 aliphatic rings. The highest BCUT2D eigenvalue weighted by Gasteiger charge is 2.09. The minimum absolute atomic E-state index is 0.00349. The zero-order valence-corrected chi connectivity index (χ0v) is 11.8. The van der Waals surface area contributed by atoms with Gasteiger partial charge < -0.3 is 15.0 Å². The maximum absolute atomic E-state index is 11.8. The number of nitrogens with zero attached hydrogens (tertiary/aromatic N) is 1. The minimum Gasteiger partial charge on any atom is -0.369 e. The topological polar surface area (TPSA) is 58.6 Å². The number of carbonyl (C=O) groups excluding carboxylic acids is 2. The van der Waals surface area contributed by atoms with Crippen LogP contribution < -0.4 is 5.32 Å². The van der Waals surface area contributed by atoms with Crippen LogP contribution in [0.3, 0.4) is 0 Å². The van der Waals surface area contributed by atoms with Crippen molar-refractivity contribution in [3.63, 3.8) is 0 Å². The second kappa shape index (κ2) is 6.89. The van der Waals surface area contributed by atoms with Crippen molar-refractivity contribution in [2.75, 3.05) is 26.0 Å². The summed E-state index contributed by atoms with van der Waals surface area (Å²) in [6.07, 6.45) is 0.00685. The fourth-order valence-electron chi connectivity index (χ4n) is 1.43. The summed E-state index contributed by atoms with van der Waals surface area (Å²) in [7, 11) is 3.37. The van der Waals surface area contributed by atoms with Crippen LogP contribution in [0.1, 0.15) is 24.2 Å². The quantitative estimate of drug-likeness (QED) is 0.881. The fraction of sp³-hybridized carbons (Fsp3) is 0.429. The Morgan fingerprint density at radius 2 is 2.00 bits per heavy atom. The summed E-state index contributed by atoms with van der Waals surface area (Å²) in [5.41, 5.74) is 1.12. The van der Waals surface area contributed by atoms with Crippen molar-refractivity contribution in [1.29, 1.82) is 0 Å². The van der Waals surface area contributed by atoms with Crippen LogP contribution in [0.4, 0.5) is 5.69 Å². The first-order valence-corrected chi connectivity index (χ1v) is 6.13. The van der Waals surface area contributed by atoms with Crippen molar-refractivity contribution in [1.82, 2.24) is 4.90 Å². The molecular formula is C14H20N2O3. The number of ether oxygens (including phenoxy) is 1. The van der Waals surface area contributed by atoms with Gasteiger partial charge >= 0.3 is 0 Å². The van der Waals surface area contributed by atoms with Gasteiger partial charge in [0.15, 0.2) is 0 Å². The number of hydrogen-bond acceptors (Lipinski definition) is 3. The predicted molar refractivity (Wildman–Crippen MR) is 74.2 cm³/mol. The molecule has 0 fully saturated rings. The summed E-state index contributed by atoms with van der Waals surface area (Å²) in [5, 5.41) is 2.70. The van der Waals surface area contributed by atoms with E-state index in [4.69, 9.17) is 4.74 Å². The van der Waals surface area contributed by atoms with E-state index in [1.165, 1.54) is 4.90 Å². The van der Waals surface area contributed by atoms with E-state index >= 15 is 0 Å². The molecule has 1 aromatic rings. The molecule has 0 radical (unpaired) electrons. The van der Waals surface area contributed by atoms with Gasteiger partial charge in [0.25, 0.3) is 5.91 Å². The van der Waals surface area contributed by atoms with Crippen molar-refractivity contribution in [2.45, 2.75) is 20.0 Å². The molecule has 104 valence electrons. The summed E-state index contributed by atoms with van der Waals surface area (Å²) in [6.45, 7) is 3.73. The second-order valence-electron chi connectivity index (χ2n) is 4.69. The number of hydrogen-bond donors (Lipinski definition) is 1. The standard InChI is InChI=1S/C14H20N2O3/c1-10(2)19-9-13(17)15-12-7-5-6-11(8-12)14(18)16(3)4/h5-8,10H,9H2,1-4H3,(H,15,17). The zero-order chi connectivity index (χ0) is 14.4. The first-order chi connectivity index (χ1) is 8.90. The monoisotopic (exact) mass is 264 g/mol. The maximum Gasteiger partial charge on any atom is 0.253 e. The van der Waals surface area contributed by atoms with Crippen LogP contribution in [0.5, 0.6) is 0 Å². The first kappa shape index (κ1) is 15.2. The highest BCUT2D eigenvalue weighted by molar-refractivity contribution is 5.97. The minimum atomic E-state index is -0.233. The van der Waals surface area contributed by atoms with Crippen molar-refractivity contribution < 1.29 is 14.3 Å². The lowest BCUT2D eigenvalue weighted by atomic mass is 10.2. The first-order valence-electron chi connectivity index (χ1n) is 6.13. The summed E-state index contributed by atoms with van der Waals surface area (Å²) in [4.78, 5) is 24.9. The molecule has 0 aliphatic carbocycles. The molecule has 0 saturated carbocycles. The van der Waals surface area contributed by atoms with E-state index < -0.39 is 0 Å². The third kappa shape index (κ3) is 5.09. The Kier molecular flexibility index (Phi) is 5.51. The van der Waals surface area contributed by atoms with Gasteiger partial charge in [-0.15, -0.1) is 0 Å². The highest BCUT2D eigenvalue weighted by atomic mass is 16.5. The Labute approximate surface area is 113 Å². The van der Waals surface area contributed by atoms with E-state index in [-0.39, 0.29) is 24.5 Å². The lowest BCUT2D eigenvalue weighted by Gasteiger charge is -2.12. The van der Waals surface area contributed by atoms with E-state index in [1.54, 1.807) is 38.4 Å². The van der Waals surface area contributed by atoms with Gasteiger partial charge in [-0.1, -0.05) is 6.07 Å². The largest absolute Gasteiger partial charge is 0.369 e. The Morgan fingerprint density at radius 1 is 1.32 bits per heavy atom. The highest BCUT2D eigenvalue weighted by Crippen LogP contribution is 2.12. The summed E-state index contributed by atoms with van der Waals surface area (Å²) >= 11 is 0. The molecule has 1 aromatic carbocycles. The average Bonchev–Trinajstić information content (AvgIpc) is 2.35. The number of nitrogens with one attached hydrogen (secondary N) is 1. The number of amides is 2. The van der Waals surface area contributed by atoms with Gasteiger partial charge in [0.05, 0.1) is 6.10 Å². The molecule has 2 amide bonds. The molecular weight excluding hydrogens is 244 g/mol. The molecule has 5 nitrogen and oxygen atoms in total. The van der Waals surface area contributed by atoms with E-state index in [0.717, 1.165) is 0 Å². The number of carbonyl (C=O) groups is 2. The molecule has 0 spiro atoms. The molecule has 0 bridgehead atoms. The van der Waals surface area contributed by atoms with Gasteiger partial charge in [-0.3, -0.25) is 9.59 Å². The Balaban J connectivity index is 2.67. The second-order valence-corrected chi connectivity index (χ2v) is 4.69. The van der Waals surface area contributed by atoms with Gasteiger partial charge in [0, 0.05) is 25.3 Å². The van der Waals surface area contributed by atoms with E-state index in [1.807, 2.05) is 13.8 Å². The van der Waals surface area contributed by atoms with E-state index in [0.29, 0.717) is 11.3 Å². The molecule has 1 N–H and O–H groups in total. The van der Waals surface area contributed by atoms with Crippen LogP contribution in [-0.4, -0.2) is 43.5 Å². The van der Waals surface area contributed by atoms with Crippen molar-refractivity contribution in [3.8, 4) is 0 Å². The van der Waals surface area contributed by atoms with Gasteiger partial charge in [-0.25, -0.2) is 0 Å². The predicted octanol–water partition coefficient (Wildman–Crippen LogP) is 1.75. The molecule has 0 aromatic heterocycles. The van der Waals surface area contributed by atoms with Gasteiger partial charge in [0.2, 0.25) is 5.91 Å². The van der Waals surface area contributed by atoms with E-state index in [9.17, 15) is 9.59 Å². The molecule has 0 atom stereocenters. The SMILES string of the molecule is CC(C)OCC(=O)Nc1cccc(C(=O)N(C)C)c1. The molecule has 19 heavy (non-hydrogen) atoms. The Hall–Kier alpha value is -1.88. The van der Waals surface area contributed by atoms with Crippen molar-refractivity contribution >= 4 is 17.5 Å². The molecule has 1 rings (SSSR count). The van der Waals surface area contributed by atoms with Gasteiger partial charge in [-0.2, -0.15) is 0 Å². The Bertz CT molecular complexity index is 456.